The lowest BCUT2D eigenvalue weighted by atomic mass is 9.95. The van der Waals surface area contributed by atoms with Gasteiger partial charge in [0.15, 0.2) is 0 Å². The van der Waals surface area contributed by atoms with Crippen molar-refractivity contribution in [2.75, 3.05) is 6.54 Å². The molecule has 0 bridgehead atoms. The first-order valence-corrected chi connectivity index (χ1v) is 11.5. The number of ketones is 1. The number of nitrogens with zero attached hydrogens (tertiary/aromatic N) is 1. The second kappa shape index (κ2) is 9.01. The molecule has 0 radical (unpaired) electrons. The van der Waals surface area contributed by atoms with E-state index in [2.05, 4.69) is 4.98 Å². The number of Topliss-reactive ketones (excluding diaryl/α,β-unsaturated/α-hetero) is 1. The fourth-order valence-corrected chi connectivity index (χ4v) is 5.00. The summed E-state index contributed by atoms with van der Waals surface area (Å²) in [5.74, 6) is -1.64. The van der Waals surface area contributed by atoms with Crippen molar-refractivity contribution < 1.29 is 14.7 Å². The molecule has 7 heteroatoms. The number of carbonyl (C=O) groups is 2. The molecular formula is C27H20Cl2N2O3. The highest BCUT2D eigenvalue weighted by Gasteiger charge is 2.46. The molecule has 4 aromatic rings. The van der Waals surface area contributed by atoms with Crippen LogP contribution in [0.1, 0.15) is 22.7 Å². The fourth-order valence-electron chi connectivity index (χ4n) is 4.49. The van der Waals surface area contributed by atoms with Gasteiger partial charge in [-0.1, -0.05) is 77.8 Å². The number of halogens is 2. The smallest absolute Gasteiger partial charge is 0.295 e. The Kier molecular flexibility index (Phi) is 5.90. The van der Waals surface area contributed by atoms with Crippen LogP contribution in [0.4, 0.5) is 0 Å². The van der Waals surface area contributed by atoms with Crippen molar-refractivity contribution in [3.63, 3.8) is 0 Å². The summed E-state index contributed by atoms with van der Waals surface area (Å²) in [4.78, 5) is 31.1. The van der Waals surface area contributed by atoms with Crippen LogP contribution in [0.3, 0.4) is 0 Å². The Balaban J connectivity index is 1.59. The zero-order valence-corrected chi connectivity index (χ0v) is 19.5. The SMILES string of the molecule is O=C1C(=O)N(CCc2c[nH]c3ccccc23)[C@H](c2ccc(Cl)cc2Cl)C1=C(O)c1ccccc1. The predicted molar refractivity (Wildman–Crippen MR) is 134 cm³/mol. The van der Waals surface area contributed by atoms with Gasteiger partial charge in [0.2, 0.25) is 0 Å². The van der Waals surface area contributed by atoms with E-state index in [9.17, 15) is 14.7 Å². The highest BCUT2D eigenvalue weighted by atomic mass is 35.5. The van der Waals surface area contributed by atoms with Crippen molar-refractivity contribution in [2.24, 2.45) is 0 Å². The van der Waals surface area contributed by atoms with E-state index in [-0.39, 0.29) is 17.9 Å². The molecule has 1 aliphatic rings. The third-order valence-electron chi connectivity index (χ3n) is 6.14. The van der Waals surface area contributed by atoms with Gasteiger partial charge in [0.05, 0.1) is 11.6 Å². The van der Waals surface area contributed by atoms with Crippen LogP contribution in [0, 0.1) is 0 Å². The maximum absolute atomic E-state index is 13.2. The monoisotopic (exact) mass is 490 g/mol. The number of nitrogens with one attached hydrogen (secondary N) is 1. The van der Waals surface area contributed by atoms with Crippen molar-refractivity contribution >= 4 is 51.6 Å². The summed E-state index contributed by atoms with van der Waals surface area (Å²) in [7, 11) is 0. The van der Waals surface area contributed by atoms with E-state index in [0.29, 0.717) is 27.6 Å². The van der Waals surface area contributed by atoms with Crippen LogP contribution in [-0.4, -0.2) is 33.2 Å². The topological polar surface area (TPSA) is 73.4 Å². The molecule has 1 aromatic heterocycles. The van der Waals surface area contributed by atoms with E-state index in [0.717, 1.165) is 16.5 Å². The van der Waals surface area contributed by atoms with Crippen molar-refractivity contribution in [3.8, 4) is 0 Å². The summed E-state index contributed by atoms with van der Waals surface area (Å²) in [6, 6.07) is 20.7. The molecule has 0 unspecified atom stereocenters. The number of para-hydroxylation sites is 1. The molecule has 0 saturated carbocycles. The zero-order valence-electron chi connectivity index (χ0n) is 18.0. The number of H-pyrrole nitrogens is 1. The number of aromatic amines is 1. The molecular weight excluding hydrogens is 471 g/mol. The van der Waals surface area contributed by atoms with Gasteiger partial charge < -0.3 is 15.0 Å². The summed E-state index contributed by atoms with van der Waals surface area (Å²) in [6.07, 6.45) is 2.43. The number of aliphatic hydroxyl groups excluding tert-OH is 1. The summed E-state index contributed by atoms with van der Waals surface area (Å²) < 4.78 is 0. The highest BCUT2D eigenvalue weighted by molar-refractivity contribution is 6.47. The third kappa shape index (κ3) is 3.87. The molecule has 1 aliphatic heterocycles. The molecule has 3 aromatic carbocycles. The van der Waals surface area contributed by atoms with Crippen LogP contribution >= 0.6 is 23.2 Å². The molecule has 5 nitrogen and oxygen atoms in total. The molecule has 2 N–H and O–H groups in total. The minimum atomic E-state index is -0.838. The largest absolute Gasteiger partial charge is 0.507 e. The minimum Gasteiger partial charge on any atom is -0.507 e. The Bertz CT molecular complexity index is 1440. The van der Waals surface area contributed by atoms with Crippen LogP contribution in [0.5, 0.6) is 0 Å². The van der Waals surface area contributed by atoms with E-state index in [1.54, 1.807) is 42.5 Å². The predicted octanol–water partition coefficient (Wildman–Crippen LogP) is 6.14. The molecule has 170 valence electrons. The first kappa shape index (κ1) is 22.3. The number of aliphatic hydroxyl groups is 1. The molecule has 2 heterocycles. The Labute approximate surface area is 206 Å². The van der Waals surface area contributed by atoms with E-state index in [1.165, 1.54) is 4.90 Å². The number of rotatable bonds is 5. The van der Waals surface area contributed by atoms with Gasteiger partial charge in [-0.05, 0) is 35.7 Å². The number of benzene rings is 3. The number of hydrogen-bond acceptors (Lipinski definition) is 3. The number of hydrogen-bond donors (Lipinski definition) is 2. The van der Waals surface area contributed by atoms with Gasteiger partial charge in [-0.2, -0.15) is 0 Å². The second-order valence-corrected chi connectivity index (χ2v) is 8.98. The standard InChI is InChI=1S/C27H20Cl2N2O3/c28-18-10-11-20(21(29)14-18)24-23(25(32)16-6-2-1-3-7-16)26(33)27(34)31(24)13-12-17-15-30-22-9-5-4-8-19(17)22/h1-11,14-15,24,30,32H,12-13H2/t24-/m1/s1. The van der Waals surface area contributed by atoms with E-state index >= 15 is 0 Å². The Morgan fingerprint density at radius 1 is 0.971 bits per heavy atom. The summed E-state index contributed by atoms with van der Waals surface area (Å²) in [5, 5.41) is 12.9. The number of amides is 1. The summed E-state index contributed by atoms with van der Waals surface area (Å²) in [5.41, 5.74) is 3.02. The summed E-state index contributed by atoms with van der Waals surface area (Å²) in [6.45, 7) is 0.265. The van der Waals surface area contributed by atoms with Crippen LogP contribution in [-0.2, 0) is 16.0 Å². The number of likely N-dealkylation sites (tertiary alicyclic amines) is 1. The van der Waals surface area contributed by atoms with E-state index in [4.69, 9.17) is 23.2 Å². The van der Waals surface area contributed by atoms with Crippen LogP contribution in [0.2, 0.25) is 10.0 Å². The number of fused-ring (bicyclic) bond motifs is 1. The number of aromatic nitrogens is 1. The molecule has 0 spiro atoms. The minimum absolute atomic E-state index is 0.0133. The average Bonchev–Trinajstić information content (AvgIpc) is 3.36. The molecule has 1 saturated heterocycles. The molecule has 34 heavy (non-hydrogen) atoms. The van der Waals surface area contributed by atoms with Gasteiger partial charge in [-0.15, -0.1) is 0 Å². The van der Waals surface area contributed by atoms with Crippen LogP contribution < -0.4 is 0 Å². The lowest BCUT2D eigenvalue weighted by Gasteiger charge is -2.26. The maximum atomic E-state index is 13.2. The van der Waals surface area contributed by atoms with Gasteiger partial charge in [0, 0.05) is 39.3 Å². The third-order valence-corrected chi connectivity index (χ3v) is 6.70. The van der Waals surface area contributed by atoms with E-state index < -0.39 is 17.7 Å². The molecule has 0 aliphatic carbocycles. The Hall–Kier alpha value is -3.54. The van der Waals surface area contributed by atoms with Crippen molar-refractivity contribution in [1.82, 2.24) is 9.88 Å². The average molecular weight is 491 g/mol. The molecule has 1 amide bonds. The van der Waals surface area contributed by atoms with E-state index in [1.807, 2.05) is 36.5 Å². The molecule has 5 rings (SSSR count). The molecule has 1 atom stereocenters. The number of carbonyl (C=O) groups excluding carboxylic acids is 2. The van der Waals surface area contributed by atoms with Gasteiger partial charge in [0.25, 0.3) is 11.7 Å². The summed E-state index contributed by atoms with van der Waals surface area (Å²) >= 11 is 12.6. The first-order chi connectivity index (χ1) is 16.5. The Morgan fingerprint density at radius 3 is 2.47 bits per heavy atom. The first-order valence-electron chi connectivity index (χ1n) is 10.8. The maximum Gasteiger partial charge on any atom is 0.295 e. The van der Waals surface area contributed by atoms with Crippen LogP contribution in [0.25, 0.3) is 16.7 Å². The van der Waals surface area contributed by atoms with Crippen molar-refractivity contribution in [1.29, 1.82) is 0 Å². The zero-order chi connectivity index (χ0) is 23.8. The molecule has 1 fully saturated rings. The quantitative estimate of drug-likeness (QED) is 0.200. The second-order valence-electron chi connectivity index (χ2n) is 8.13. The van der Waals surface area contributed by atoms with Gasteiger partial charge in [-0.3, -0.25) is 9.59 Å². The van der Waals surface area contributed by atoms with Gasteiger partial charge >= 0.3 is 0 Å². The fraction of sp³-hybridized carbons (Fsp3) is 0.111. The lowest BCUT2D eigenvalue weighted by Crippen LogP contribution is -2.31. The van der Waals surface area contributed by atoms with Crippen molar-refractivity contribution in [2.45, 2.75) is 12.5 Å². The lowest BCUT2D eigenvalue weighted by molar-refractivity contribution is -0.139. The van der Waals surface area contributed by atoms with Gasteiger partial charge in [0.1, 0.15) is 5.76 Å². The normalized spacial score (nSPS) is 17.6. The van der Waals surface area contributed by atoms with Gasteiger partial charge in [-0.25, -0.2) is 0 Å². The van der Waals surface area contributed by atoms with Crippen molar-refractivity contribution in [3.05, 3.63) is 111 Å². The Morgan fingerprint density at radius 2 is 1.71 bits per heavy atom. The van der Waals surface area contributed by atoms with Crippen LogP contribution in [0.15, 0.2) is 84.6 Å². The highest BCUT2D eigenvalue weighted by Crippen LogP contribution is 2.42.